The van der Waals surface area contributed by atoms with Crippen LogP contribution in [0.3, 0.4) is 0 Å². The maximum Gasteiger partial charge on any atom is 0.229 e. The molecule has 4 aromatic rings. The number of nitrogens with zero attached hydrogens (tertiary/aromatic N) is 5. The number of aromatic nitrogens is 5. The van der Waals surface area contributed by atoms with Gasteiger partial charge < -0.3 is 0 Å². The Bertz CT molecular complexity index is 1120. The summed E-state index contributed by atoms with van der Waals surface area (Å²) in [7, 11) is 0. The van der Waals surface area contributed by atoms with Crippen molar-refractivity contribution in [3.05, 3.63) is 60.6 Å². The lowest BCUT2D eigenvalue weighted by molar-refractivity contribution is -0.114. The van der Waals surface area contributed by atoms with Gasteiger partial charge in [0, 0.05) is 25.0 Å². The molecule has 0 saturated carbocycles. The molecule has 4 heterocycles. The zero-order valence-corrected chi connectivity index (χ0v) is 14.3. The average Bonchev–Trinajstić information content (AvgIpc) is 3.01. The van der Waals surface area contributed by atoms with E-state index in [-0.39, 0.29) is 11.9 Å². The highest BCUT2D eigenvalue weighted by molar-refractivity contribution is 5.87. The number of carbonyl (C=O) groups excluding carboxylic acids is 1. The van der Waals surface area contributed by atoms with Gasteiger partial charge in [0.15, 0.2) is 0 Å². The van der Waals surface area contributed by atoms with E-state index >= 15 is 0 Å². The van der Waals surface area contributed by atoms with E-state index in [0.29, 0.717) is 5.69 Å². The number of fused-ring (bicyclic) bond motifs is 1. The monoisotopic (exact) mass is 344 g/mol. The first-order valence-electron chi connectivity index (χ1n) is 8.14. The van der Waals surface area contributed by atoms with Crippen LogP contribution in [-0.2, 0) is 4.79 Å². The van der Waals surface area contributed by atoms with Crippen LogP contribution in [0, 0.1) is 6.92 Å². The summed E-state index contributed by atoms with van der Waals surface area (Å²) in [6.45, 7) is 3.37. The molecule has 0 spiro atoms. The molecule has 7 heteroatoms. The van der Waals surface area contributed by atoms with E-state index < -0.39 is 0 Å². The number of anilines is 1. The van der Waals surface area contributed by atoms with Crippen molar-refractivity contribution in [2.24, 2.45) is 0 Å². The van der Waals surface area contributed by atoms with E-state index in [1.807, 2.05) is 53.9 Å². The first-order valence-corrected chi connectivity index (χ1v) is 8.14. The van der Waals surface area contributed by atoms with Crippen LogP contribution in [-0.4, -0.2) is 30.2 Å². The second kappa shape index (κ2) is 6.36. The highest BCUT2D eigenvalue weighted by atomic mass is 16.1. The SMILES string of the molecule is CC(=O)Nc1nccc(-c2c(-c3cccc(C)n3)nc3ccccn23)n1. The number of pyridine rings is 2. The Morgan fingerprint density at radius 1 is 1.00 bits per heavy atom. The van der Waals surface area contributed by atoms with Gasteiger partial charge in [-0.1, -0.05) is 12.1 Å². The number of imidazole rings is 1. The summed E-state index contributed by atoms with van der Waals surface area (Å²) in [5.41, 5.74) is 4.65. The van der Waals surface area contributed by atoms with E-state index in [4.69, 9.17) is 4.98 Å². The van der Waals surface area contributed by atoms with Crippen molar-refractivity contribution in [3.8, 4) is 22.8 Å². The molecule has 0 aromatic carbocycles. The number of carbonyl (C=O) groups is 1. The van der Waals surface area contributed by atoms with E-state index in [1.165, 1.54) is 6.92 Å². The largest absolute Gasteiger partial charge is 0.298 e. The Morgan fingerprint density at radius 2 is 1.88 bits per heavy atom. The summed E-state index contributed by atoms with van der Waals surface area (Å²) in [6, 6.07) is 13.4. The van der Waals surface area contributed by atoms with Gasteiger partial charge >= 0.3 is 0 Å². The molecule has 0 radical (unpaired) electrons. The average molecular weight is 344 g/mol. The number of rotatable bonds is 3. The summed E-state index contributed by atoms with van der Waals surface area (Å²) in [5.74, 6) is 0.0323. The minimum Gasteiger partial charge on any atom is -0.298 e. The smallest absolute Gasteiger partial charge is 0.229 e. The first-order chi connectivity index (χ1) is 12.6. The second-order valence-corrected chi connectivity index (χ2v) is 5.85. The van der Waals surface area contributed by atoms with Crippen molar-refractivity contribution < 1.29 is 4.79 Å². The normalized spacial score (nSPS) is 10.8. The van der Waals surface area contributed by atoms with Crippen molar-refractivity contribution >= 4 is 17.5 Å². The lowest BCUT2D eigenvalue weighted by atomic mass is 10.1. The molecule has 0 bridgehead atoms. The van der Waals surface area contributed by atoms with Crippen LogP contribution in [0.25, 0.3) is 28.4 Å². The van der Waals surface area contributed by atoms with Crippen LogP contribution >= 0.6 is 0 Å². The van der Waals surface area contributed by atoms with E-state index in [1.54, 1.807) is 12.3 Å². The zero-order valence-electron chi connectivity index (χ0n) is 14.3. The van der Waals surface area contributed by atoms with Gasteiger partial charge in [-0.25, -0.2) is 15.0 Å². The molecule has 1 amide bonds. The molecular weight excluding hydrogens is 328 g/mol. The van der Waals surface area contributed by atoms with Gasteiger partial charge in [0.2, 0.25) is 11.9 Å². The highest BCUT2D eigenvalue weighted by Gasteiger charge is 2.18. The summed E-state index contributed by atoms with van der Waals surface area (Å²) in [6.07, 6.45) is 3.54. The number of amides is 1. The summed E-state index contributed by atoms with van der Waals surface area (Å²) in [4.78, 5) is 29.3. The van der Waals surface area contributed by atoms with Crippen LogP contribution in [0.15, 0.2) is 54.9 Å². The fraction of sp³-hybridized carbons (Fsp3) is 0.105. The van der Waals surface area contributed by atoms with E-state index in [0.717, 1.165) is 28.4 Å². The maximum absolute atomic E-state index is 11.3. The number of nitrogens with one attached hydrogen (secondary N) is 1. The van der Waals surface area contributed by atoms with Crippen LogP contribution in [0.5, 0.6) is 0 Å². The third-order valence-electron chi connectivity index (χ3n) is 3.85. The number of hydrogen-bond donors (Lipinski definition) is 1. The number of hydrogen-bond acceptors (Lipinski definition) is 5. The molecule has 1 N–H and O–H groups in total. The third-order valence-corrected chi connectivity index (χ3v) is 3.85. The van der Waals surface area contributed by atoms with Crippen LogP contribution < -0.4 is 5.32 Å². The van der Waals surface area contributed by atoms with Crippen molar-refractivity contribution in [1.29, 1.82) is 0 Å². The molecule has 4 aromatic heterocycles. The van der Waals surface area contributed by atoms with Crippen molar-refractivity contribution in [2.45, 2.75) is 13.8 Å². The molecule has 0 atom stereocenters. The van der Waals surface area contributed by atoms with Crippen molar-refractivity contribution in [1.82, 2.24) is 24.3 Å². The van der Waals surface area contributed by atoms with Crippen LogP contribution in [0.2, 0.25) is 0 Å². The fourth-order valence-corrected chi connectivity index (χ4v) is 2.80. The highest BCUT2D eigenvalue weighted by Crippen LogP contribution is 2.31. The van der Waals surface area contributed by atoms with Gasteiger partial charge in [0.05, 0.1) is 11.4 Å². The fourth-order valence-electron chi connectivity index (χ4n) is 2.80. The molecule has 0 unspecified atom stereocenters. The first kappa shape index (κ1) is 15.9. The Morgan fingerprint density at radius 3 is 2.69 bits per heavy atom. The Kier molecular flexibility index (Phi) is 3.89. The predicted molar refractivity (Wildman–Crippen MR) is 98.5 cm³/mol. The molecule has 7 nitrogen and oxygen atoms in total. The van der Waals surface area contributed by atoms with Crippen LogP contribution in [0.4, 0.5) is 5.95 Å². The van der Waals surface area contributed by atoms with Crippen molar-refractivity contribution in [3.63, 3.8) is 0 Å². The van der Waals surface area contributed by atoms with Gasteiger partial charge in [0.25, 0.3) is 0 Å². The van der Waals surface area contributed by atoms with E-state index in [2.05, 4.69) is 20.3 Å². The number of aryl methyl sites for hydroxylation is 1. The standard InChI is InChI=1S/C19H16N6O/c1-12-6-5-7-14(21-12)17-18(25-11-4-3-8-16(25)24-17)15-9-10-20-19(23-15)22-13(2)26/h3-11H,1-2H3,(H,20,22,23,26). The molecule has 4 rings (SSSR count). The Labute approximate surface area is 149 Å². The zero-order chi connectivity index (χ0) is 18.1. The molecule has 0 aliphatic heterocycles. The Hall–Kier alpha value is -3.61. The lowest BCUT2D eigenvalue weighted by Crippen LogP contribution is -2.09. The Balaban J connectivity index is 1.96. The lowest BCUT2D eigenvalue weighted by Gasteiger charge is -2.07. The minimum absolute atomic E-state index is 0.221. The van der Waals surface area contributed by atoms with Gasteiger partial charge in [-0.2, -0.15) is 0 Å². The predicted octanol–water partition coefficient (Wildman–Crippen LogP) is 3.12. The summed E-state index contributed by atoms with van der Waals surface area (Å²) in [5, 5.41) is 2.62. The van der Waals surface area contributed by atoms with Gasteiger partial charge in [-0.05, 0) is 37.3 Å². The topological polar surface area (TPSA) is 85.1 Å². The van der Waals surface area contributed by atoms with Crippen molar-refractivity contribution in [2.75, 3.05) is 5.32 Å². The molecule has 0 aliphatic carbocycles. The van der Waals surface area contributed by atoms with Gasteiger partial charge in [0.1, 0.15) is 17.0 Å². The second-order valence-electron chi connectivity index (χ2n) is 5.85. The molecule has 0 aliphatic rings. The minimum atomic E-state index is -0.221. The molecule has 26 heavy (non-hydrogen) atoms. The van der Waals surface area contributed by atoms with Gasteiger partial charge in [-0.15, -0.1) is 0 Å². The van der Waals surface area contributed by atoms with E-state index in [9.17, 15) is 4.79 Å². The maximum atomic E-state index is 11.3. The molecular formula is C19H16N6O. The van der Waals surface area contributed by atoms with Gasteiger partial charge in [-0.3, -0.25) is 19.5 Å². The third kappa shape index (κ3) is 2.90. The quantitative estimate of drug-likeness (QED) is 0.617. The van der Waals surface area contributed by atoms with Crippen LogP contribution in [0.1, 0.15) is 12.6 Å². The molecule has 0 saturated heterocycles. The molecule has 0 fully saturated rings. The summed E-state index contributed by atoms with van der Waals surface area (Å²) < 4.78 is 1.96. The summed E-state index contributed by atoms with van der Waals surface area (Å²) >= 11 is 0. The molecule has 128 valence electrons.